The van der Waals surface area contributed by atoms with Crippen LogP contribution in [-0.4, -0.2) is 10.8 Å². The largest absolute Gasteiger partial charge is 0.360 e. The molecule has 2 nitrogen and oxygen atoms in total. The van der Waals surface area contributed by atoms with E-state index in [1.165, 1.54) is 0 Å². The van der Waals surface area contributed by atoms with Gasteiger partial charge in [-0.25, -0.2) is 0 Å². The lowest BCUT2D eigenvalue weighted by atomic mass is 9.97. The summed E-state index contributed by atoms with van der Waals surface area (Å²) in [5, 5.41) is 1.01. The second-order valence-corrected chi connectivity index (χ2v) is 5.80. The first-order valence-electron chi connectivity index (χ1n) is 6.46. The Balaban J connectivity index is 2.21. The fraction of sp³-hybridized carbons (Fsp3) is 0.118. The van der Waals surface area contributed by atoms with Crippen molar-refractivity contribution in [2.75, 3.05) is 0 Å². The van der Waals surface area contributed by atoms with Crippen LogP contribution in [0.3, 0.4) is 0 Å². The normalized spacial score (nSPS) is 10.9. The van der Waals surface area contributed by atoms with Crippen molar-refractivity contribution in [2.45, 2.75) is 13.8 Å². The van der Waals surface area contributed by atoms with Gasteiger partial charge in [-0.3, -0.25) is 4.79 Å². The van der Waals surface area contributed by atoms with Crippen LogP contribution in [0.5, 0.6) is 0 Å². The molecular weight excluding hydrogens is 314 g/mol. The zero-order valence-corrected chi connectivity index (χ0v) is 12.9. The first-order valence-corrected chi connectivity index (χ1v) is 7.25. The van der Waals surface area contributed by atoms with Gasteiger partial charge in [-0.2, -0.15) is 0 Å². The number of hydrogen-bond acceptors (Lipinski definition) is 1. The molecular formula is C17H14BrNO. The molecule has 0 saturated heterocycles. The molecule has 0 bridgehead atoms. The van der Waals surface area contributed by atoms with Crippen LogP contribution in [0, 0.1) is 13.8 Å². The summed E-state index contributed by atoms with van der Waals surface area (Å²) < 4.78 is 0.958. The van der Waals surface area contributed by atoms with Crippen molar-refractivity contribution < 1.29 is 4.79 Å². The van der Waals surface area contributed by atoms with Gasteiger partial charge in [0.2, 0.25) is 0 Å². The molecule has 1 N–H and O–H groups in total. The lowest BCUT2D eigenvalue weighted by Gasteiger charge is -2.07. The lowest BCUT2D eigenvalue weighted by Crippen LogP contribution is -2.03. The molecule has 0 saturated carbocycles. The number of aryl methyl sites for hydroxylation is 1. The number of aromatic nitrogens is 1. The van der Waals surface area contributed by atoms with Crippen LogP contribution >= 0.6 is 15.9 Å². The number of hydrogen-bond donors (Lipinski definition) is 1. The molecule has 100 valence electrons. The minimum Gasteiger partial charge on any atom is -0.360 e. The van der Waals surface area contributed by atoms with Crippen LogP contribution in [0.4, 0.5) is 0 Å². The summed E-state index contributed by atoms with van der Waals surface area (Å²) in [5.41, 5.74) is 4.56. The molecule has 0 atom stereocenters. The van der Waals surface area contributed by atoms with E-state index in [0.29, 0.717) is 0 Å². The zero-order valence-electron chi connectivity index (χ0n) is 11.3. The Labute approximate surface area is 126 Å². The third-order valence-corrected chi connectivity index (χ3v) is 4.53. The standard InChI is InChI=1S/C17H14BrNO/c1-10-5-3-8-15-16(10)13(9-19-15)17(20)12-6-4-7-14(18)11(12)2/h3-9,19H,1-2H3. The Morgan fingerprint density at radius 2 is 1.80 bits per heavy atom. The minimum atomic E-state index is 0.0596. The molecule has 0 aliphatic carbocycles. The molecule has 0 spiro atoms. The second-order valence-electron chi connectivity index (χ2n) is 4.94. The van der Waals surface area contributed by atoms with E-state index in [-0.39, 0.29) is 5.78 Å². The first-order chi connectivity index (χ1) is 9.59. The number of H-pyrrole nitrogens is 1. The van der Waals surface area contributed by atoms with E-state index in [1.54, 1.807) is 6.20 Å². The van der Waals surface area contributed by atoms with E-state index in [2.05, 4.69) is 20.9 Å². The van der Waals surface area contributed by atoms with Gasteiger partial charge in [0.15, 0.2) is 5.78 Å². The van der Waals surface area contributed by atoms with Gasteiger partial charge >= 0.3 is 0 Å². The van der Waals surface area contributed by atoms with Gasteiger partial charge < -0.3 is 4.98 Å². The fourth-order valence-electron chi connectivity index (χ4n) is 2.55. The molecule has 0 amide bonds. The molecule has 20 heavy (non-hydrogen) atoms. The van der Waals surface area contributed by atoms with E-state index in [9.17, 15) is 4.79 Å². The Morgan fingerprint density at radius 3 is 2.60 bits per heavy atom. The van der Waals surface area contributed by atoms with Crippen LogP contribution in [0.1, 0.15) is 27.0 Å². The lowest BCUT2D eigenvalue weighted by molar-refractivity contribution is 0.103. The third kappa shape index (κ3) is 1.98. The summed E-state index contributed by atoms with van der Waals surface area (Å²) in [6, 6.07) is 11.7. The maximum atomic E-state index is 12.8. The number of fused-ring (bicyclic) bond motifs is 1. The number of benzene rings is 2. The number of carbonyl (C=O) groups is 1. The Bertz CT molecular complexity index is 817. The van der Waals surface area contributed by atoms with Crippen LogP contribution < -0.4 is 0 Å². The van der Waals surface area contributed by atoms with Crippen molar-refractivity contribution in [1.29, 1.82) is 0 Å². The first kappa shape index (κ1) is 13.1. The maximum absolute atomic E-state index is 12.8. The van der Waals surface area contributed by atoms with Crippen molar-refractivity contribution in [1.82, 2.24) is 4.98 Å². The Kier molecular flexibility index (Phi) is 3.22. The molecule has 0 fully saturated rings. The molecule has 0 unspecified atom stereocenters. The number of aromatic amines is 1. The summed E-state index contributed by atoms with van der Waals surface area (Å²) in [5.74, 6) is 0.0596. The monoisotopic (exact) mass is 327 g/mol. The molecule has 0 aliphatic rings. The Morgan fingerprint density at radius 1 is 1.05 bits per heavy atom. The number of carbonyl (C=O) groups excluding carboxylic acids is 1. The van der Waals surface area contributed by atoms with E-state index < -0.39 is 0 Å². The van der Waals surface area contributed by atoms with Crippen LogP contribution in [0.25, 0.3) is 10.9 Å². The molecule has 1 aromatic heterocycles. The van der Waals surface area contributed by atoms with E-state index in [1.807, 2.05) is 50.2 Å². The molecule has 0 radical (unpaired) electrons. The van der Waals surface area contributed by atoms with Crippen molar-refractivity contribution in [3.8, 4) is 0 Å². The van der Waals surface area contributed by atoms with Gasteiger partial charge in [0.1, 0.15) is 0 Å². The van der Waals surface area contributed by atoms with Gasteiger partial charge in [-0.15, -0.1) is 0 Å². The van der Waals surface area contributed by atoms with Crippen LogP contribution in [0.15, 0.2) is 47.1 Å². The van der Waals surface area contributed by atoms with Gasteiger partial charge in [-0.05, 0) is 37.1 Å². The smallest absolute Gasteiger partial charge is 0.195 e. The summed E-state index contributed by atoms with van der Waals surface area (Å²) in [6.07, 6.45) is 1.81. The minimum absolute atomic E-state index is 0.0596. The summed E-state index contributed by atoms with van der Waals surface area (Å²) >= 11 is 3.48. The molecule has 0 aliphatic heterocycles. The SMILES string of the molecule is Cc1c(Br)cccc1C(=O)c1c[nH]c2cccc(C)c12. The highest BCUT2D eigenvalue weighted by Gasteiger charge is 2.17. The number of halogens is 1. The van der Waals surface area contributed by atoms with E-state index in [0.717, 1.165) is 37.6 Å². The van der Waals surface area contributed by atoms with Crippen molar-refractivity contribution in [3.05, 3.63) is 69.3 Å². The predicted molar refractivity (Wildman–Crippen MR) is 85.3 cm³/mol. The fourth-order valence-corrected chi connectivity index (χ4v) is 2.91. The molecule has 3 heteroatoms. The highest BCUT2D eigenvalue weighted by Crippen LogP contribution is 2.27. The molecule has 3 rings (SSSR count). The van der Waals surface area contributed by atoms with Crippen LogP contribution in [-0.2, 0) is 0 Å². The Hall–Kier alpha value is -1.87. The zero-order chi connectivity index (χ0) is 14.3. The van der Waals surface area contributed by atoms with Gasteiger partial charge in [0, 0.05) is 32.7 Å². The molecule has 3 aromatic rings. The predicted octanol–water partition coefficient (Wildman–Crippen LogP) is 4.78. The van der Waals surface area contributed by atoms with Crippen molar-refractivity contribution >= 4 is 32.6 Å². The number of rotatable bonds is 2. The van der Waals surface area contributed by atoms with Crippen molar-refractivity contribution in [3.63, 3.8) is 0 Å². The van der Waals surface area contributed by atoms with Gasteiger partial charge in [-0.1, -0.05) is 40.2 Å². The summed E-state index contributed by atoms with van der Waals surface area (Å²) in [7, 11) is 0. The van der Waals surface area contributed by atoms with Crippen molar-refractivity contribution in [2.24, 2.45) is 0 Å². The second kappa shape index (κ2) is 4.91. The quantitative estimate of drug-likeness (QED) is 0.675. The highest BCUT2D eigenvalue weighted by atomic mass is 79.9. The van der Waals surface area contributed by atoms with E-state index in [4.69, 9.17) is 0 Å². The topological polar surface area (TPSA) is 32.9 Å². The van der Waals surface area contributed by atoms with E-state index >= 15 is 0 Å². The number of ketones is 1. The summed E-state index contributed by atoms with van der Waals surface area (Å²) in [6.45, 7) is 3.99. The average Bonchev–Trinajstić information content (AvgIpc) is 2.86. The summed E-state index contributed by atoms with van der Waals surface area (Å²) in [4.78, 5) is 16.0. The highest BCUT2D eigenvalue weighted by molar-refractivity contribution is 9.10. The van der Waals surface area contributed by atoms with Gasteiger partial charge in [0.05, 0.1) is 0 Å². The maximum Gasteiger partial charge on any atom is 0.195 e. The molecule has 1 heterocycles. The number of nitrogens with one attached hydrogen (secondary N) is 1. The molecule has 2 aromatic carbocycles. The van der Waals surface area contributed by atoms with Gasteiger partial charge in [0.25, 0.3) is 0 Å². The average molecular weight is 328 g/mol. The van der Waals surface area contributed by atoms with Crippen LogP contribution in [0.2, 0.25) is 0 Å². The third-order valence-electron chi connectivity index (χ3n) is 3.67.